The van der Waals surface area contributed by atoms with Crippen LogP contribution < -0.4 is 0 Å². The zero-order valence-corrected chi connectivity index (χ0v) is 12.6. The van der Waals surface area contributed by atoms with Crippen molar-refractivity contribution in [3.8, 4) is 0 Å². The molecule has 0 amide bonds. The summed E-state index contributed by atoms with van der Waals surface area (Å²) >= 11 is 0. The van der Waals surface area contributed by atoms with E-state index in [4.69, 9.17) is 8.85 Å². The predicted molar refractivity (Wildman–Crippen MR) is 74.3 cm³/mol. The van der Waals surface area contributed by atoms with Gasteiger partial charge >= 0.3 is 8.56 Å². The van der Waals surface area contributed by atoms with Crippen LogP contribution in [0.4, 0.5) is 0 Å². The Bertz CT molecular complexity index is 329. The lowest BCUT2D eigenvalue weighted by molar-refractivity contribution is 0.166. The van der Waals surface area contributed by atoms with Crippen LogP contribution in [-0.4, -0.2) is 21.8 Å². The molecule has 0 atom stereocenters. The molecule has 1 aromatic carbocycles. The summed E-state index contributed by atoms with van der Waals surface area (Å²) in [6.07, 6.45) is 0. The molecule has 2 nitrogen and oxygen atoms in total. The van der Waals surface area contributed by atoms with Crippen LogP contribution in [0.5, 0.6) is 0 Å². The lowest BCUT2D eigenvalue weighted by Gasteiger charge is -2.40. The van der Waals surface area contributed by atoms with E-state index in [0.717, 1.165) is 0 Å². The first-order valence-electron chi connectivity index (χ1n) is 6.31. The van der Waals surface area contributed by atoms with Gasteiger partial charge in [-0.05, 0) is 26.0 Å². The molecule has 0 aliphatic carbocycles. The van der Waals surface area contributed by atoms with Gasteiger partial charge in [-0.25, -0.2) is 0 Å². The predicted octanol–water partition coefficient (Wildman–Crippen LogP) is 3.65. The van der Waals surface area contributed by atoms with Crippen molar-refractivity contribution >= 4 is 8.56 Å². The number of hydrogen-bond acceptors (Lipinski definition) is 2. The average Bonchev–Trinajstić information content (AvgIpc) is 2.30. The first kappa shape index (κ1) is 14.4. The Morgan fingerprint density at radius 3 is 1.88 bits per heavy atom. The second-order valence-corrected chi connectivity index (χ2v) is 8.52. The topological polar surface area (TPSA) is 18.5 Å². The Morgan fingerprint density at radius 1 is 1.00 bits per heavy atom. The zero-order valence-electron chi connectivity index (χ0n) is 11.6. The molecule has 3 heteroatoms. The minimum Gasteiger partial charge on any atom is -0.394 e. The van der Waals surface area contributed by atoms with Gasteiger partial charge in [-0.3, -0.25) is 0 Å². The Balaban J connectivity index is 3.08. The minimum absolute atomic E-state index is 0.0553. The van der Waals surface area contributed by atoms with Crippen LogP contribution >= 0.6 is 0 Å². The molecule has 0 fully saturated rings. The van der Waals surface area contributed by atoms with Gasteiger partial charge in [0.15, 0.2) is 0 Å². The molecule has 17 heavy (non-hydrogen) atoms. The lowest BCUT2D eigenvalue weighted by Crippen LogP contribution is -2.55. The van der Waals surface area contributed by atoms with Crippen LogP contribution in [0.2, 0.25) is 6.55 Å². The molecular formula is C14H24O2Si. The van der Waals surface area contributed by atoms with Gasteiger partial charge in [-0.2, -0.15) is 0 Å². The van der Waals surface area contributed by atoms with Crippen LogP contribution in [0.15, 0.2) is 30.3 Å². The highest BCUT2D eigenvalue weighted by Crippen LogP contribution is 2.35. The van der Waals surface area contributed by atoms with E-state index in [9.17, 15) is 0 Å². The second kappa shape index (κ2) is 5.80. The van der Waals surface area contributed by atoms with Crippen LogP contribution in [0.3, 0.4) is 0 Å². The van der Waals surface area contributed by atoms with Crippen LogP contribution in [-0.2, 0) is 13.9 Å². The maximum absolute atomic E-state index is 6.01. The molecule has 0 unspecified atom stereocenters. The van der Waals surface area contributed by atoms with Crippen molar-refractivity contribution in [1.82, 2.24) is 0 Å². The summed E-state index contributed by atoms with van der Waals surface area (Å²) in [6, 6.07) is 10.5. The van der Waals surface area contributed by atoms with Crippen molar-refractivity contribution in [3.63, 3.8) is 0 Å². The number of benzene rings is 1. The molecule has 0 saturated heterocycles. The average molecular weight is 252 g/mol. The molecule has 1 aromatic rings. The molecule has 96 valence electrons. The summed E-state index contributed by atoms with van der Waals surface area (Å²) in [5.74, 6) is 0. The monoisotopic (exact) mass is 252 g/mol. The smallest absolute Gasteiger partial charge is 0.345 e. The van der Waals surface area contributed by atoms with Crippen molar-refractivity contribution in [2.45, 2.75) is 39.3 Å². The van der Waals surface area contributed by atoms with E-state index in [1.165, 1.54) is 5.56 Å². The fraction of sp³-hybridized carbons (Fsp3) is 0.571. The van der Waals surface area contributed by atoms with E-state index < -0.39 is 8.56 Å². The van der Waals surface area contributed by atoms with Gasteiger partial charge in [-0.1, -0.05) is 44.2 Å². The highest BCUT2D eigenvalue weighted by molar-refractivity contribution is 6.69. The molecule has 0 aliphatic rings. The van der Waals surface area contributed by atoms with Crippen LogP contribution in [0, 0.1) is 0 Å². The third-order valence-electron chi connectivity index (χ3n) is 3.47. The highest BCUT2D eigenvalue weighted by atomic mass is 28.4. The van der Waals surface area contributed by atoms with Gasteiger partial charge in [0.2, 0.25) is 0 Å². The summed E-state index contributed by atoms with van der Waals surface area (Å²) in [4.78, 5) is 0. The molecule has 0 bridgehead atoms. The fourth-order valence-electron chi connectivity index (χ4n) is 2.07. The summed E-state index contributed by atoms with van der Waals surface area (Å²) in [5.41, 5.74) is 1.29. The molecule has 0 aliphatic heterocycles. The molecular weight excluding hydrogens is 228 g/mol. The van der Waals surface area contributed by atoms with Gasteiger partial charge in [0.25, 0.3) is 0 Å². The molecule has 0 aromatic heterocycles. The van der Waals surface area contributed by atoms with Gasteiger partial charge in [0, 0.05) is 18.3 Å². The maximum atomic E-state index is 6.01. The van der Waals surface area contributed by atoms with Crippen molar-refractivity contribution in [2.75, 3.05) is 13.2 Å². The van der Waals surface area contributed by atoms with Crippen LogP contribution in [0.25, 0.3) is 0 Å². The largest absolute Gasteiger partial charge is 0.394 e. The molecule has 0 radical (unpaired) electrons. The van der Waals surface area contributed by atoms with Crippen molar-refractivity contribution < 1.29 is 8.85 Å². The van der Waals surface area contributed by atoms with E-state index in [-0.39, 0.29) is 5.04 Å². The first-order chi connectivity index (χ1) is 7.98. The normalized spacial score (nSPS) is 12.8. The Morgan fingerprint density at radius 2 is 1.47 bits per heavy atom. The van der Waals surface area contributed by atoms with E-state index in [1.807, 2.05) is 19.9 Å². The minimum atomic E-state index is -2.22. The van der Waals surface area contributed by atoms with Crippen molar-refractivity contribution in [1.29, 1.82) is 0 Å². The quantitative estimate of drug-likeness (QED) is 0.720. The zero-order chi connectivity index (χ0) is 12.9. The second-order valence-electron chi connectivity index (χ2n) is 4.80. The first-order valence-corrected chi connectivity index (χ1v) is 8.63. The highest BCUT2D eigenvalue weighted by Gasteiger charge is 2.48. The van der Waals surface area contributed by atoms with E-state index in [1.54, 1.807) is 0 Å². The molecule has 0 spiro atoms. The fourth-order valence-corrected chi connectivity index (χ4v) is 4.67. The van der Waals surface area contributed by atoms with Gasteiger partial charge in [0.1, 0.15) is 0 Å². The number of hydrogen-bond donors (Lipinski definition) is 0. The van der Waals surface area contributed by atoms with Crippen LogP contribution in [0.1, 0.15) is 33.3 Å². The summed E-state index contributed by atoms with van der Waals surface area (Å²) in [5, 5.41) is -0.0553. The van der Waals surface area contributed by atoms with E-state index in [2.05, 4.69) is 44.7 Å². The van der Waals surface area contributed by atoms with Gasteiger partial charge in [0.05, 0.1) is 0 Å². The third kappa shape index (κ3) is 2.97. The van der Waals surface area contributed by atoms with Crippen molar-refractivity contribution in [2.24, 2.45) is 0 Å². The van der Waals surface area contributed by atoms with Gasteiger partial charge < -0.3 is 8.85 Å². The summed E-state index contributed by atoms with van der Waals surface area (Å²) < 4.78 is 12.0. The molecule has 0 N–H and O–H groups in total. The maximum Gasteiger partial charge on any atom is 0.345 e. The SMILES string of the molecule is CCO[Si](C)(OCC)C(C)(C)c1ccccc1. The summed E-state index contributed by atoms with van der Waals surface area (Å²) in [7, 11) is -2.22. The van der Waals surface area contributed by atoms with Gasteiger partial charge in [-0.15, -0.1) is 0 Å². The molecule has 0 heterocycles. The van der Waals surface area contributed by atoms with Crippen molar-refractivity contribution in [3.05, 3.63) is 35.9 Å². The Labute approximate surface area is 106 Å². The molecule has 1 rings (SSSR count). The Kier molecular flexibility index (Phi) is 4.92. The van der Waals surface area contributed by atoms with E-state index >= 15 is 0 Å². The number of rotatable bonds is 6. The van der Waals surface area contributed by atoms with E-state index in [0.29, 0.717) is 13.2 Å². The third-order valence-corrected chi connectivity index (χ3v) is 7.71. The standard InChI is InChI=1S/C14H24O2Si/c1-6-15-17(5,16-7-2)14(3,4)13-11-9-8-10-12-13/h8-12H,6-7H2,1-5H3. The lowest BCUT2D eigenvalue weighted by atomic mass is 10.0. The molecule has 0 saturated carbocycles. The Hall–Kier alpha value is -0.643. The summed E-state index contributed by atoms with van der Waals surface area (Å²) in [6.45, 7) is 12.1.